The molecule has 1 atom stereocenters. The molecule has 19 heavy (non-hydrogen) atoms. The average molecular weight is 260 g/mol. The highest BCUT2D eigenvalue weighted by Gasteiger charge is 2.41. The first-order chi connectivity index (χ1) is 8.96. The van der Waals surface area contributed by atoms with Gasteiger partial charge >= 0.3 is 0 Å². The van der Waals surface area contributed by atoms with Crippen molar-refractivity contribution in [3.05, 3.63) is 35.4 Å². The fraction of sp³-hybridized carbons (Fsp3) is 0.467. The van der Waals surface area contributed by atoms with Gasteiger partial charge in [-0.1, -0.05) is 31.2 Å². The van der Waals surface area contributed by atoms with E-state index < -0.39 is 5.54 Å². The van der Waals surface area contributed by atoms with E-state index >= 15 is 0 Å². The molecule has 1 aromatic rings. The summed E-state index contributed by atoms with van der Waals surface area (Å²) >= 11 is 0. The van der Waals surface area contributed by atoms with Gasteiger partial charge in [0.15, 0.2) is 0 Å². The number of amides is 2. The van der Waals surface area contributed by atoms with Gasteiger partial charge in [0.25, 0.3) is 0 Å². The molecule has 1 saturated heterocycles. The Morgan fingerprint density at radius 3 is 2.63 bits per heavy atom. The summed E-state index contributed by atoms with van der Waals surface area (Å²) in [6.45, 7) is 6.35. The third kappa shape index (κ3) is 2.62. The second-order valence-electron chi connectivity index (χ2n) is 5.32. The Balaban J connectivity index is 2.22. The second-order valence-corrected chi connectivity index (χ2v) is 5.32. The third-order valence-electron chi connectivity index (χ3n) is 3.84. The SMILES string of the molecule is CCC1(C)NC(=O)CN(Cc2ccccc2C)C1=O. The predicted molar refractivity (Wildman–Crippen MR) is 73.4 cm³/mol. The molecule has 0 radical (unpaired) electrons. The van der Waals surface area contributed by atoms with Gasteiger partial charge < -0.3 is 10.2 Å². The van der Waals surface area contributed by atoms with Crippen LogP contribution in [0.25, 0.3) is 0 Å². The second kappa shape index (κ2) is 5.03. The van der Waals surface area contributed by atoms with Crippen molar-refractivity contribution in [3.63, 3.8) is 0 Å². The van der Waals surface area contributed by atoms with Crippen molar-refractivity contribution in [1.29, 1.82) is 0 Å². The monoisotopic (exact) mass is 260 g/mol. The van der Waals surface area contributed by atoms with Crippen LogP contribution >= 0.6 is 0 Å². The number of carbonyl (C=O) groups excluding carboxylic acids is 2. The Kier molecular flexibility index (Phi) is 3.60. The summed E-state index contributed by atoms with van der Waals surface area (Å²) in [5, 5.41) is 2.79. The van der Waals surface area contributed by atoms with E-state index in [1.54, 1.807) is 11.8 Å². The molecule has 0 spiro atoms. The molecule has 2 rings (SSSR count). The van der Waals surface area contributed by atoms with Crippen LogP contribution in [0.15, 0.2) is 24.3 Å². The topological polar surface area (TPSA) is 49.4 Å². The van der Waals surface area contributed by atoms with Gasteiger partial charge in [0, 0.05) is 6.54 Å². The minimum Gasteiger partial charge on any atom is -0.340 e. The first-order valence-corrected chi connectivity index (χ1v) is 6.61. The molecule has 1 heterocycles. The van der Waals surface area contributed by atoms with E-state index in [9.17, 15) is 9.59 Å². The van der Waals surface area contributed by atoms with Crippen molar-refractivity contribution >= 4 is 11.8 Å². The highest BCUT2D eigenvalue weighted by molar-refractivity contribution is 5.97. The molecular formula is C15H20N2O2. The highest BCUT2D eigenvalue weighted by Crippen LogP contribution is 2.20. The van der Waals surface area contributed by atoms with Gasteiger partial charge in [-0.05, 0) is 31.4 Å². The highest BCUT2D eigenvalue weighted by atomic mass is 16.2. The molecule has 1 aromatic carbocycles. The molecule has 0 saturated carbocycles. The first-order valence-electron chi connectivity index (χ1n) is 6.61. The maximum absolute atomic E-state index is 12.5. The van der Waals surface area contributed by atoms with Crippen LogP contribution in [0.4, 0.5) is 0 Å². The molecule has 0 bridgehead atoms. The molecule has 0 aliphatic carbocycles. The molecule has 0 aromatic heterocycles. The van der Waals surface area contributed by atoms with Crippen molar-refractivity contribution in [2.45, 2.75) is 39.3 Å². The maximum Gasteiger partial charge on any atom is 0.248 e. The van der Waals surface area contributed by atoms with Crippen molar-refractivity contribution in [3.8, 4) is 0 Å². The standard InChI is InChI=1S/C15H20N2O2/c1-4-15(3)14(19)17(10-13(18)16-15)9-12-8-6-5-7-11(12)2/h5-8H,4,9-10H2,1-3H3,(H,16,18). The molecule has 1 N–H and O–H groups in total. The van der Waals surface area contributed by atoms with Crippen LogP contribution in [0.3, 0.4) is 0 Å². The quantitative estimate of drug-likeness (QED) is 0.898. The van der Waals surface area contributed by atoms with Crippen LogP contribution in [-0.4, -0.2) is 28.8 Å². The van der Waals surface area contributed by atoms with Gasteiger partial charge in [0.05, 0.1) is 6.54 Å². The lowest BCUT2D eigenvalue weighted by atomic mass is 9.94. The Morgan fingerprint density at radius 2 is 2.00 bits per heavy atom. The fourth-order valence-electron chi connectivity index (χ4n) is 2.36. The predicted octanol–water partition coefficient (Wildman–Crippen LogP) is 1.62. The van der Waals surface area contributed by atoms with E-state index in [0.717, 1.165) is 11.1 Å². The van der Waals surface area contributed by atoms with Crippen LogP contribution < -0.4 is 5.32 Å². The van der Waals surface area contributed by atoms with E-state index in [4.69, 9.17) is 0 Å². The molecule has 1 fully saturated rings. The zero-order valence-corrected chi connectivity index (χ0v) is 11.7. The molecule has 1 aliphatic rings. The average Bonchev–Trinajstić information content (AvgIpc) is 2.38. The molecule has 1 aliphatic heterocycles. The van der Waals surface area contributed by atoms with Crippen LogP contribution in [0.2, 0.25) is 0 Å². The molecule has 4 heteroatoms. The number of hydrogen-bond donors (Lipinski definition) is 1. The molecule has 1 unspecified atom stereocenters. The fourth-order valence-corrected chi connectivity index (χ4v) is 2.36. The summed E-state index contributed by atoms with van der Waals surface area (Å²) in [5.74, 6) is -0.0876. The van der Waals surface area contributed by atoms with Crippen molar-refractivity contribution in [2.24, 2.45) is 0 Å². The van der Waals surface area contributed by atoms with Gasteiger partial charge in [0.1, 0.15) is 5.54 Å². The number of carbonyl (C=O) groups is 2. The lowest BCUT2D eigenvalue weighted by molar-refractivity contribution is -0.149. The number of hydrogen-bond acceptors (Lipinski definition) is 2. The Bertz CT molecular complexity index is 513. The van der Waals surface area contributed by atoms with Crippen LogP contribution in [0.1, 0.15) is 31.4 Å². The summed E-state index contributed by atoms with van der Waals surface area (Å²) in [6, 6.07) is 7.94. The summed E-state index contributed by atoms with van der Waals surface area (Å²) in [7, 11) is 0. The number of aryl methyl sites for hydroxylation is 1. The van der Waals surface area contributed by atoms with E-state index in [0.29, 0.717) is 13.0 Å². The van der Waals surface area contributed by atoms with E-state index in [1.165, 1.54) is 0 Å². The van der Waals surface area contributed by atoms with Gasteiger partial charge in [0.2, 0.25) is 11.8 Å². The number of benzene rings is 1. The minimum absolute atomic E-state index is 0.00199. The number of nitrogens with zero attached hydrogens (tertiary/aromatic N) is 1. The van der Waals surface area contributed by atoms with Gasteiger partial charge in [-0.15, -0.1) is 0 Å². The van der Waals surface area contributed by atoms with Crippen molar-refractivity contribution in [1.82, 2.24) is 10.2 Å². The number of nitrogens with one attached hydrogen (secondary N) is 1. The third-order valence-corrected chi connectivity index (χ3v) is 3.84. The lowest BCUT2D eigenvalue weighted by Gasteiger charge is -2.39. The first kappa shape index (κ1) is 13.6. The van der Waals surface area contributed by atoms with E-state index in [-0.39, 0.29) is 18.4 Å². The molecular weight excluding hydrogens is 240 g/mol. The van der Waals surface area contributed by atoms with Crippen molar-refractivity contribution in [2.75, 3.05) is 6.54 Å². The summed E-state index contributed by atoms with van der Waals surface area (Å²) in [4.78, 5) is 25.9. The number of piperazine rings is 1. The van der Waals surface area contributed by atoms with E-state index in [1.807, 2.05) is 38.1 Å². The smallest absolute Gasteiger partial charge is 0.248 e. The maximum atomic E-state index is 12.5. The van der Waals surface area contributed by atoms with Crippen LogP contribution in [-0.2, 0) is 16.1 Å². The Labute approximate surface area is 113 Å². The largest absolute Gasteiger partial charge is 0.340 e. The normalized spacial score (nSPS) is 23.4. The summed E-state index contributed by atoms with van der Waals surface area (Å²) < 4.78 is 0. The van der Waals surface area contributed by atoms with E-state index in [2.05, 4.69) is 5.32 Å². The Morgan fingerprint density at radius 1 is 1.32 bits per heavy atom. The zero-order valence-electron chi connectivity index (χ0n) is 11.7. The molecule has 4 nitrogen and oxygen atoms in total. The van der Waals surface area contributed by atoms with Crippen LogP contribution in [0.5, 0.6) is 0 Å². The lowest BCUT2D eigenvalue weighted by Crippen LogP contribution is -2.64. The number of rotatable bonds is 3. The van der Waals surface area contributed by atoms with Crippen LogP contribution in [0, 0.1) is 6.92 Å². The molecule has 2 amide bonds. The minimum atomic E-state index is -0.766. The summed E-state index contributed by atoms with van der Waals surface area (Å²) in [6.07, 6.45) is 0.599. The Hall–Kier alpha value is -1.84. The summed E-state index contributed by atoms with van der Waals surface area (Å²) in [5.41, 5.74) is 1.46. The van der Waals surface area contributed by atoms with Gasteiger partial charge in [-0.2, -0.15) is 0 Å². The zero-order chi connectivity index (χ0) is 14.0. The van der Waals surface area contributed by atoms with Gasteiger partial charge in [-0.3, -0.25) is 9.59 Å². The van der Waals surface area contributed by atoms with Crippen molar-refractivity contribution < 1.29 is 9.59 Å². The van der Waals surface area contributed by atoms with Gasteiger partial charge in [-0.25, -0.2) is 0 Å². The molecule has 102 valence electrons.